The van der Waals surface area contributed by atoms with Crippen LogP contribution in [0, 0.1) is 10.1 Å². The Morgan fingerprint density at radius 1 is 1.42 bits per heavy atom. The number of nitro groups is 1. The molecule has 1 aromatic carbocycles. The second-order valence-corrected chi connectivity index (χ2v) is 7.45. The number of carbonyl (C=O) groups is 1. The zero-order valence-corrected chi connectivity index (χ0v) is 18.0. The number of thioether (sulfide) groups is 1. The lowest BCUT2D eigenvalue weighted by molar-refractivity contribution is -0.385. The molecule has 0 saturated carbocycles. The summed E-state index contributed by atoms with van der Waals surface area (Å²) in [6, 6.07) is 5.97. The molecule has 11 heteroatoms. The predicted molar refractivity (Wildman–Crippen MR) is 117 cm³/mol. The number of para-hydroxylation sites is 2. The number of ether oxygens (including phenoxy) is 2. The Hall–Kier alpha value is -3.18. The Morgan fingerprint density at radius 3 is 2.90 bits per heavy atom. The number of nitro benzene ring substituents is 1. The molecule has 1 unspecified atom stereocenters. The van der Waals surface area contributed by atoms with Gasteiger partial charge in [0.25, 0.3) is 0 Å². The summed E-state index contributed by atoms with van der Waals surface area (Å²) in [5, 5.41) is 18.6. The molecule has 3 rings (SSSR count). The molecule has 0 aliphatic carbocycles. The molecule has 0 amide bonds. The predicted octanol–water partition coefficient (Wildman–Crippen LogP) is 2.86. The minimum absolute atomic E-state index is 0.0724. The van der Waals surface area contributed by atoms with E-state index in [-0.39, 0.29) is 23.2 Å². The van der Waals surface area contributed by atoms with E-state index in [9.17, 15) is 14.9 Å². The van der Waals surface area contributed by atoms with E-state index in [1.54, 1.807) is 12.3 Å². The van der Waals surface area contributed by atoms with Crippen molar-refractivity contribution in [2.24, 2.45) is 0 Å². The Balaban J connectivity index is 1.98. The highest BCUT2D eigenvalue weighted by atomic mass is 32.2. The van der Waals surface area contributed by atoms with Crippen molar-refractivity contribution < 1.29 is 19.2 Å². The van der Waals surface area contributed by atoms with Crippen LogP contribution < -0.4 is 15.4 Å². The second kappa shape index (κ2) is 10.7. The van der Waals surface area contributed by atoms with Crippen molar-refractivity contribution in [2.45, 2.75) is 24.0 Å². The van der Waals surface area contributed by atoms with Crippen LogP contribution in [0.15, 0.2) is 41.4 Å². The Kier molecular flexibility index (Phi) is 7.79. The number of nitrogens with zero attached hydrogens (tertiary/aromatic N) is 3. The van der Waals surface area contributed by atoms with Crippen molar-refractivity contribution in [3.8, 4) is 5.75 Å². The first-order valence-electron chi connectivity index (χ1n) is 9.61. The molecule has 10 nitrogen and oxygen atoms in total. The number of rotatable bonds is 8. The Labute approximate surface area is 183 Å². The van der Waals surface area contributed by atoms with Crippen LogP contribution in [-0.4, -0.2) is 53.4 Å². The van der Waals surface area contributed by atoms with E-state index < -0.39 is 10.9 Å². The number of anilines is 1. The molecule has 164 valence electrons. The first-order valence-corrected chi connectivity index (χ1v) is 10.8. The average Bonchev–Trinajstić information content (AvgIpc) is 2.80. The number of aromatic nitrogens is 2. The quantitative estimate of drug-likeness (QED) is 0.119. The van der Waals surface area contributed by atoms with Gasteiger partial charge in [0.2, 0.25) is 11.5 Å². The summed E-state index contributed by atoms with van der Waals surface area (Å²) in [5.74, 6) is -0.531. The van der Waals surface area contributed by atoms with Gasteiger partial charge in [-0.1, -0.05) is 23.9 Å². The number of methoxy groups -OCH3 is 1. The van der Waals surface area contributed by atoms with Gasteiger partial charge in [-0.15, -0.1) is 0 Å². The standard InChI is InChI=1S/C20H23N5O5S/c1-29-19(26)17(30-16-8-4-3-7-15(16)25(27)28)10-13-11-22-20(31-2)24-18(13)23-14-6-5-9-21-12-14/h3-4,7-8,10-11,14,21H,5-6,9,12H2,1-2H3,(H,22,23,24)/b17-10+. The van der Waals surface area contributed by atoms with Gasteiger partial charge in [0.15, 0.2) is 5.16 Å². The van der Waals surface area contributed by atoms with Gasteiger partial charge in [-0.05, 0) is 31.7 Å². The van der Waals surface area contributed by atoms with Crippen LogP contribution in [0.1, 0.15) is 18.4 Å². The molecular weight excluding hydrogens is 422 g/mol. The fourth-order valence-corrected chi connectivity index (χ4v) is 3.39. The van der Waals surface area contributed by atoms with Gasteiger partial charge in [-0.25, -0.2) is 14.8 Å². The van der Waals surface area contributed by atoms with Gasteiger partial charge in [0, 0.05) is 36.5 Å². The molecule has 2 aromatic rings. The molecule has 31 heavy (non-hydrogen) atoms. The molecular formula is C20H23N5O5S. The highest BCUT2D eigenvalue weighted by molar-refractivity contribution is 7.98. The lowest BCUT2D eigenvalue weighted by atomic mass is 10.1. The van der Waals surface area contributed by atoms with Gasteiger partial charge in [-0.3, -0.25) is 10.1 Å². The molecule has 1 atom stereocenters. The van der Waals surface area contributed by atoms with Crippen molar-refractivity contribution in [1.29, 1.82) is 0 Å². The molecule has 2 N–H and O–H groups in total. The number of hydrogen-bond acceptors (Lipinski definition) is 10. The lowest BCUT2D eigenvalue weighted by Crippen LogP contribution is -2.38. The fourth-order valence-electron chi connectivity index (χ4n) is 3.05. The van der Waals surface area contributed by atoms with Crippen LogP contribution in [0.5, 0.6) is 5.75 Å². The van der Waals surface area contributed by atoms with E-state index in [1.165, 1.54) is 43.1 Å². The van der Waals surface area contributed by atoms with Crippen LogP contribution >= 0.6 is 11.8 Å². The summed E-state index contributed by atoms with van der Waals surface area (Å²) in [7, 11) is 1.21. The van der Waals surface area contributed by atoms with Crippen LogP contribution in [0.2, 0.25) is 0 Å². The first-order chi connectivity index (χ1) is 15.0. The smallest absolute Gasteiger partial charge is 0.373 e. The van der Waals surface area contributed by atoms with Crippen molar-refractivity contribution >= 4 is 35.3 Å². The van der Waals surface area contributed by atoms with E-state index in [0.717, 1.165) is 25.9 Å². The summed E-state index contributed by atoms with van der Waals surface area (Å²) in [6.07, 6.45) is 6.88. The summed E-state index contributed by atoms with van der Waals surface area (Å²) in [5.41, 5.74) is 0.236. The summed E-state index contributed by atoms with van der Waals surface area (Å²) >= 11 is 1.39. The molecule has 0 bridgehead atoms. The van der Waals surface area contributed by atoms with E-state index in [4.69, 9.17) is 9.47 Å². The molecule has 1 saturated heterocycles. The van der Waals surface area contributed by atoms with Crippen molar-refractivity contribution in [3.63, 3.8) is 0 Å². The van der Waals surface area contributed by atoms with Crippen molar-refractivity contribution in [3.05, 3.63) is 51.9 Å². The maximum atomic E-state index is 12.4. The number of esters is 1. The number of benzene rings is 1. The zero-order chi connectivity index (χ0) is 22.2. The summed E-state index contributed by atoms with van der Waals surface area (Å²) in [4.78, 5) is 31.9. The molecule has 1 aliphatic rings. The van der Waals surface area contributed by atoms with Crippen molar-refractivity contribution in [2.75, 3.05) is 31.8 Å². The third-order valence-electron chi connectivity index (χ3n) is 4.57. The largest absolute Gasteiger partial charge is 0.463 e. The topological polar surface area (TPSA) is 129 Å². The lowest BCUT2D eigenvalue weighted by Gasteiger charge is -2.25. The van der Waals surface area contributed by atoms with E-state index in [0.29, 0.717) is 16.5 Å². The van der Waals surface area contributed by atoms with Gasteiger partial charge in [-0.2, -0.15) is 0 Å². The molecule has 1 fully saturated rings. The monoisotopic (exact) mass is 445 g/mol. The van der Waals surface area contributed by atoms with Gasteiger partial charge in [0.05, 0.1) is 12.0 Å². The number of carbonyl (C=O) groups excluding carboxylic acids is 1. The van der Waals surface area contributed by atoms with E-state index in [2.05, 4.69) is 20.6 Å². The third-order valence-corrected chi connectivity index (χ3v) is 5.13. The molecule has 1 aromatic heterocycles. The maximum Gasteiger partial charge on any atom is 0.373 e. The molecule has 1 aliphatic heterocycles. The molecule has 0 spiro atoms. The zero-order valence-electron chi connectivity index (χ0n) is 17.2. The highest BCUT2D eigenvalue weighted by Gasteiger charge is 2.22. The van der Waals surface area contributed by atoms with Crippen LogP contribution in [0.25, 0.3) is 6.08 Å². The third kappa shape index (κ3) is 5.92. The normalized spacial score (nSPS) is 16.5. The summed E-state index contributed by atoms with van der Waals surface area (Å²) < 4.78 is 10.4. The number of piperidine rings is 1. The average molecular weight is 446 g/mol. The second-order valence-electron chi connectivity index (χ2n) is 6.68. The SMILES string of the molecule is COC(=O)/C(=C\c1cnc(SC)nc1NC1CCCNC1)Oc1ccccc1[N+](=O)[O-]. The number of hydrogen-bond donors (Lipinski definition) is 2. The maximum absolute atomic E-state index is 12.4. The van der Waals surface area contributed by atoms with Crippen LogP contribution in [-0.2, 0) is 9.53 Å². The highest BCUT2D eigenvalue weighted by Crippen LogP contribution is 2.29. The Bertz CT molecular complexity index is 978. The minimum atomic E-state index is -0.780. The van der Waals surface area contributed by atoms with Gasteiger partial charge < -0.3 is 20.1 Å². The fraction of sp³-hybridized carbons (Fsp3) is 0.350. The van der Waals surface area contributed by atoms with Crippen molar-refractivity contribution in [1.82, 2.24) is 15.3 Å². The van der Waals surface area contributed by atoms with E-state index in [1.807, 2.05) is 6.26 Å². The van der Waals surface area contributed by atoms with E-state index >= 15 is 0 Å². The minimum Gasteiger partial charge on any atom is -0.463 e. The van der Waals surface area contributed by atoms with Gasteiger partial charge >= 0.3 is 11.7 Å². The van der Waals surface area contributed by atoms with Gasteiger partial charge in [0.1, 0.15) is 5.82 Å². The molecule has 0 radical (unpaired) electrons. The van der Waals surface area contributed by atoms with Crippen LogP contribution in [0.4, 0.5) is 11.5 Å². The Morgan fingerprint density at radius 2 is 2.23 bits per heavy atom. The first kappa shape index (κ1) is 22.5. The van der Waals surface area contributed by atoms with Crippen LogP contribution in [0.3, 0.4) is 0 Å². The number of nitrogens with one attached hydrogen (secondary N) is 2. The molecule has 2 heterocycles. The summed E-state index contributed by atoms with van der Waals surface area (Å²) in [6.45, 7) is 1.76.